The van der Waals surface area contributed by atoms with Gasteiger partial charge < -0.3 is 5.32 Å². The number of likely N-dealkylation sites (tertiary alicyclic amines) is 1. The maximum atomic E-state index is 13.2. The smallest absolute Gasteiger partial charge is 0.252 e. The van der Waals surface area contributed by atoms with E-state index in [1.165, 1.54) is 24.3 Å². The first-order valence-electron chi connectivity index (χ1n) is 9.34. The Labute approximate surface area is 162 Å². The lowest BCUT2D eigenvalue weighted by Crippen LogP contribution is -2.47. The van der Waals surface area contributed by atoms with Gasteiger partial charge in [0.05, 0.1) is 17.0 Å². The van der Waals surface area contributed by atoms with Gasteiger partial charge >= 0.3 is 0 Å². The van der Waals surface area contributed by atoms with Crippen molar-refractivity contribution >= 4 is 17.5 Å². The first kappa shape index (κ1) is 18.5. The van der Waals surface area contributed by atoms with E-state index in [0.29, 0.717) is 36.3 Å². The second-order valence-electron chi connectivity index (χ2n) is 7.73. The van der Waals surface area contributed by atoms with E-state index in [1.54, 1.807) is 24.3 Å². The number of rotatable bonds is 4. The SMILES string of the molecule is C[C@]12CN(CCC(=O)c3ccc(F)cc3)C[C@H]1NC(=O)c1ccccc1C2=O. The predicted molar refractivity (Wildman–Crippen MR) is 102 cm³/mol. The molecule has 0 aromatic heterocycles. The Hall–Kier alpha value is -2.86. The van der Waals surface area contributed by atoms with Crippen LogP contribution in [0.3, 0.4) is 0 Å². The number of hydrogen-bond acceptors (Lipinski definition) is 4. The molecule has 2 aliphatic rings. The largest absolute Gasteiger partial charge is 0.347 e. The summed E-state index contributed by atoms with van der Waals surface area (Å²) in [5.74, 6) is -0.725. The van der Waals surface area contributed by atoms with E-state index in [9.17, 15) is 18.8 Å². The van der Waals surface area contributed by atoms with E-state index < -0.39 is 5.41 Å². The third kappa shape index (κ3) is 3.14. The van der Waals surface area contributed by atoms with Gasteiger partial charge in [-0.2, -0.15) is 0 Å². The fourth-order valence-electron chi connectivity index (χ4n) is 4.17. The van der Waals surface area contributed by atoms with Gasteiger partial charge in [-0.25, -0.2) is 4.39 Å². The molecule has 1 N–H and O–H groups in total. The minimum atomic E-state index is -0.735. The van der Waals surface area contributed by atoms with E-state index in [4.69, 9.17) is 0 Å². The quantitative estimate of drug-likeness (QED) is 0.829. The summed E-state index contributed by atoms with van der Waals surface area (Å²) in [6.07, 6.45) is 0.271. The molecule has 0 aliphatic carbocycles. The molecule has 6 heteroatoms. The van der Waals surface area contributed by atoms with Crippen molar-refractivity contribution in [1.29, 1.82) is 0 Å². The number of carbonyl (C=O) groups excluding carboxylic acids is 3. The van der Waals surface area contributed by atoms with Crippen molar-refractivity contribution in [3.8, 4) is 0 Å². The number of carbonyl (C=O) groups is 3. The number of amides is 1. The summed E-state index contributed by atoms with van der Waals surface area (Å²) < 4.78 is 13.0. The minimum Gasteiger partial charge on any atom is -0.347 e. The van der Waals surface area contributed by atoms with Gasteiger partial charge in [-0.1, -0.05) is 18.2 Å². The standard InChI is InChI=1S/C22H21FN2O3/c1-22-13-25(11-10-18(26)14-6-8-15(23)9-7-14)12-19(22)24-21(28)17-5-3-2-4-16(17)20(22)27/h2-9,19H,10-13H2,1H3,(H,24,28)/t19-,22+/m1/s1. The number of halogens is 1. The van der Waals surface area contributed by atoms with E-state index in [-0.39, 0.29) is 35.8 Å². The van der Waals surface area contributed by atoms with Crippen LogP contribution in [0.4, 0.5) is 4.39 Å². The van der Waals surface area contributed by atoms with Crippen molar-refractivity contribution in [2.75, 3.05) is 19.6 Å². The number of ketones is 2. The molecule has 0 radical (unpaired) electrons. The van der Waals surface area contributed by atoms with Crippen LogP contribution in [0.25, 0.3) is 0 Å². The van der Waals surface area contributed by atoms with Gasteiger partial charge in [-0.05, 0) is 37.3 Å². The van der Waals surface area contributed by atoms with Gasteiger partial charge in [0.2, 0.25) is 0 Å². The van der Waals surface area contributed by atoms with Crippen molar-refractivity contribution in [3.63, 3.8) is 0 Å². The van der Waals surface area contributed by atoms with Crippen molar-refractivity contribution in [1.82, 2.24) is 10.2 Å². The fourth-order valence-corrected chi connectivity index (χ4v) is 4.17. The Morgan fingerprint density at radius 2 is 1.82 bits per heavy atom. The van der Waals surface area contributed by atoms with Crippen molar-refractivity contribution in [3.05, 3.63) is 71.0 Å². The summed E-state index contributed by atoms with van der Waals surface area (Å²) in [4.78, 5) is 40.2. The summed E-state index contributed by atoms with van der Waals surface area (Å²) in [6.45, 7) is 3.34. The molecule has 1 fully saturated rings. The zero-order chi connectivity index (χ0) is 19.9. The van der Waals surface area contributed by atoms with Gasteiger partial charge in [0.1, 0.15) is 5.82 Å². The van der Waals surface area contributed by atoms with Crippen LogP contribution in [-0.4, -0.2) is 48.0 Å². The highest BCUT2D eigenvalue weighted by Gasteiger charge is 2.51. The second kappa shape index (κ2) is 6.95. The average Bonchev–Trinajstić information content (AvgIpc) is 2.99. The predicted octanol–water partition coefficient (Wildman–Crippen LogP) is 2.72. The van der Waals surface area contributed by atoms with Crippen LogP contribution in [0.5, 0.6) is 0 Å². The lowest BCUT2D eigenvalue weighted by molar-refractivity contribution is 0.0790. The highest BCUT2D eigenvalue weighted by Crippen LogP contribution is 2.37. The van der Waals surface area contributed by atoms with Gasteiger partial charge in [0.15, 0.2) is 11.6 Å². The normalized spacial score (nSPS) is 24.3. The van der Waals surface area contributed by atoms with E-state index >= 15 is 0 Å². The lowest BCUT2D eigenvalue weighted by Gasteiger charge is -2.27. The highest BCUT2D eigenvalue weighted by atomic mass is 19.1. The van der Waals surface area contributed by atoms with Gasteiger partial charge in [0, 0.05) is 37.2 Å². The Balaban J connectivity index is 1.48. The molecular weight excluding hydrogens is 359 g/mol. The molecule has 0 saturated carbocycles. The monoisotopic (exact) mass is 380 g/mol. The van der Waals surface area contributed by atoms with Gasteiger partial charge in [0.25, 0.3) is 5.91 Å². The molecule has 2 atom stereocenters. The van der Waals surface area contributed by atoms with Crippen LogP contribution in [0.15, 0.2) is 48.5 Å². The molecule has 2 heterocycles. The minimum absolute atomic E-state index is 0.0428. The maximum absolute atomic E-state index is 13.2. The summed E-state index contributed by atoms with van der Waals surface area (Å²) in [7, 11) is 0. The number of hydrogen-bond donors (Lipinski definition) is 1. The van der Waals surface area contributed by atoms with Crippen LogP contribution in [0, 0.1) is 11.2 Å². The molecule has 144 valence electrons. The maximum Gasteiger partial charge on any atom is 0.252 e. The molecule has 0 unspecified atom stereocenters. The summed E-state index contributed by atoms with van der Waals surface area (Å²) in [5.41, 5.74) is 0.607. The molecule has 2 aromatic rings. The number of benzene rings is 2. The van der Waals surface area contributed by atoms with E-state index in [1.807, 2.05) is 11.8 Å². The van der Waals surface area contributed by atoms with Crippen LogP contribution in [0.1, 0.15) is 44.4 Å². The van der Waals surface area contributed by atoms with Gasteiger partial charge in [-0.3, -0.25) is 19.3 Å². The molecule has 1 amide bonds. The highest BCUT2D eigenvalue weighted by molar-refractivity contribution is 6.12. The fraction of sp³-hybridized carbons (Fsp3) is 0.318. The number of Topliss-reactive ketones (excluding diaryl/α,β-unsaturated/α-hetero) is 2. The van der Waals surface area contributed by atoms with Crippen molar-refractivity contribution < 1.29 is 18.8 Å². The van der Waals surface area contributed by atoms with Crippen LogP contribution in [-0.2, 0) is 0 Å². The first-order valence-corrected chi connectivity index (χ1v) is 9.34. The Morgan fingerprint density at radius 1 is 1.14 bits per heavy atom. The molecule has 5 nitrogen and oxygen atoms in total. The molecule has 1 saturated heterocycles. The number of nitrogens with zero attached hydrogens (tertiary/aromatic N) is 1. The topological polar surface area (TPSA) is 66.5 Å². The van der Waals surface area contributed by atoms with Crippen molar-refractivity contribution in [2.45, 2.75) is 19.4 Å². The summed E-state index contributed by atoms with van der Waals surface area (Å²) >= 11 is 0. The van der Waals surface area contributed by atoms with Crippen LogP contribution < -0.4 is 5.32 Å². The van der Waals surface area contributed by atoms with E-state index in [2.05, 4.69) is 5.32 Å². The third-order valence-electron chi connectivity index (χ3n) is 5.82. The number of nitrogens with one attached hydrogen (secondary N) is 1. The molecule has 2 aliphatic heterocycles. The molecule has 0 bridgehead atoms. The zero-order valence-corrected chi connectivity index (χ0v) is 15.6. The molecule has 0 spiro atoms. The lowest BCUT2D eigenvalue weighted by atomic mass is 9.78. The molecular formula is C22H21FN2O3. The summed E-state index contributed by atoms with van der Waals surface area (Å²) in [5, 5.41) is 3.00. The summed E-state index contributed by atoms with van der Waals surface area (Å²) in [6, 6.07) is 12.1. The van der Waals surface area contributed by atoms with Gasteiger partial charge in [-0.15, -0.1) is 0 Å². The third-order valence-corrected chi connectivity index (χ3v) is 5.82. The molecule has 4 rings (SSSR count). The van der Waals surface area contributed by atoms with Crippen LogP contribution >= 0.6 is 0 Å². The average molecular weight is 380 g/mol. The first-order chi connectivity index (χ1) is 13.4. The van der Waals surface area contributed by atoms with Crippen molar-refractivity contribution in [2.24, 2.45) is 5.41 Å². The zero-order valence-electron chi connectivity index (χ0n) is 15.6. The van der Waals surface area contributed by atoms with E-state index in [0.717, 1.165) is 0 Å². The Morgan fingerprint density at radius 3 is 2.54 bits per heavy atom. The number of fused-ring (bicyclic) bond motifs is 2. The Bertz CT molecular complexity index is 957. The molecule has 28 heavy (non-hydrogen) atoms. The second-order valence-corrected chi connectivity index (χ2v) is 7.73. The molecule has 2 aromatic carbocycles. The Kier molecular flexibility index (Phi) is 4.59. The van der Waals surface area contributed by atoms with Crippen LogP contribution in [0.2, 0.25) is 0 Å².